The minimum absolute atomic E-state index is 0.0522. The van der Waals surface area contributed by atoms with Crippen molar-refractivity contribution in [2.45, 2.75) is 36.9 Å². The van der Waals surface area contributed by atoms with Crippen LogP contribution in [0.3, 0.4) is 0 Å². The number of hydrogen-bond donors (Lipinski definition) is 2. The number of halogens is 3. The van der Waals surface area contributed by atoms with Gasteiger partial charge in [-0.3, -0.25) is 0 Å². The van der Waals surface area contributed by atoms with Crippen LogP contribution in [0.5, 0.6) is 0 Å². The van der Waals surface area contributed by atoms with Gasteiger partial charge in [0.1, 0.15) is 0 Å². The van der Waals surface area contributed by atoms with Gasteiger partial charge in [-0.15, -0.1) is 0 Å². The van der Waals surface area contributed by atoms with Crippen LogP contribution in [0.15, 0.2) is 23.1 Å². The first kappa shape index (κ1) is 15.1. The van der Waals surface area contributed by atoms with Gasteiger partial charge in [-0.25, -0.2) is 13.6 Å². The number of primary sulfonamides is 1. The summed E-state index contributed by atoms with van der Waals surface area (Å²) in [5, 5.41) is 7.77. The maximum Gasteiger partial charge on any atom is 0.417 e. The van der Waals surface area contributed by atoms with Crippen LogP contribution in [0, 0.1) is 5.92 Å². The molecule has 1 aromatic rings. The summed E-state index contributed by atoms with van der Waals surface area (Å²) in [6.45, 7) is 1.89. The number of benzene rings is 1. The third-order valence-corrected chi connectivity index (χ3v) is 4.28. The number of hydrogen-bond acceptors (Lipinski definition) is 3. The first-order chi connectivity index (χ1) is 9.09. The number of sulfonamides is 1. The van der Waals surface area contributed by atoms with Gasteiger partial charge < -0.3 is 5.32 Å². The molecule has 1 aromatic carbocycles. The van der Waals surface area contributed by atoms with E-state index >= 15 is 0 Å². The largest absolute Gasteiger partial charge is 0.417 e. The SMILES string of the molecule is CC(Nc1ccc(S(N)(=O)=O)c(C(F)(F)F)c1)C1CC1. The Balaban J connectivity index is 2.38. The number of alkyl halides is 3. The maximum atomic E-state index is 12.9. The molecule has 0 amide bonds. The first-order valence-electron chi connectivity index (χ1n) is 6.09. The molecule has 20 heavy (non-hydrogen) atoms. The molecule has 0 heterocycles. The molecule has 112 valence electrons. The fraction of sp³-hybridized carbons (Fsp3) is 0.500. The van der Waals surface area contributed by atoms with Crippen molar-refractivity contribution < 1.29 is 21.6 Å². The highest BCUT2D eigenvalue weighted by atomic mass is 32.2. The normalized spacial score (nSPS) is 17.9. The predicted octanol–water partition coefficient (Wildman–Crippen LogP) is 2.56. The molecule has 1 unspecified atom stereocenters. The highest BCUT2D eigenvalue weighted by Gasteiger charge is 2.37. The summed E-state index contributed by atoms with van der Waals surface area (Å²) in [7, 11) is -4.41. The molecule has 0 bridgehead atoms. The topological polar surface area (TPSA) is 72.2 Å². The van der Waals surface area contributed by atoms with E-state index in [9.17, 15) is 21.6 Å². The summed E-state index contributed by atoms with van der Waals surface area (Å²) in [5.74, 6) is 0.460. The number of rotatable bonds is 4. The molecule has 0 aliphatic heterocycles. The van der Waals surface area contributed by atoms with Crippen LogP contribution in [0.1, 0.15) is 25.3 Å². The molecule has 4 nitrogen and oxygen atoms in total. The third kappa shape index (κ3) is 3.43. The van der Waals surface area contributed by atoms with E-state index < -0.39 is 26.7 Å². The molecule has 0 spiro atoms. The lowest BCUT2D eigenvalue weighted by Gasteiger charge is -2.17. The molecule has 0 radical (unpaired) electrons. The maximum absolute atomic E-state index is 12.9. The number of nitrogens with two attached hydrogens (primary N) is 1. The standard InChI is InChI=1S/C12H15F3N2O2S/c1-7(8-2-3-8)17-9-4-5-11(20(16,18)19)10(6-9)12(13,14)15/h4-8,17H,2-3H2,1H3,(H2,16,18,19). The molecule has 1 saturated carbocycles. The monoisotopic (exact) mass is 308 g/mol. The average Bonchev–Trinajstić information content (AvgIpc) is 3.09. The van der Waals surface area contributed by atoms with Crippen LogP contribution >= 0.6 is 0 Å². The van der Waals surface area contributed by atoms with E-state index in [-0.39, 0.29) is 11.7 Å². The van der Waals surface area contributed by atoms with Gasteiger partial charge in [0, 0.05) is 11.7 Å². The van der Waals surface area contributed by atoms with Crippen LogP contribution in [-0.2, 0) is 16.2 Å². The van der Waals surface area contributed by atoms with Crippen molar-refractivity contribution >= 4 is 15.7 Å². The Morgan fingerprint density at radius 1 is 1.35 bits per heavy atom. The summed E-state index contributed by atoms with van der Waals surface area (Å²) in [4.78, 5) is -0.908. The minimum Gasteiger partial charge on any atom is -0.382 e. The Labute approximate surface area is 115 Å². The Morgan fingerprint density at radius 3 is 2.40 bits per heavy atom. The molecule has 1 aliphatic carbocycles. The van der Waals surface area contributed by atoms with Crippen molar-refractivity contribution in [2.24, 2.45) is 11.1 Å². The highest BCUT2D eigenvalue weighted by Crippen LogP contribution is 2.37. The van der Waals surface area contributed by atoms with Crippen LogP contribution in [0.4, 0.5) is 18.9 Å². The van der Waals surface area contributed by atoms with E-state index in [4.69, 9.17) is 5.14 Å². The molecule has 3 N–H and O–H groups in total. The second-order valence-corrected chi connectivity index (χ2v) is 6.55. The van der Waals surface area contributed by atoms with E-state index in [0.717, 1.165) is 25.0 Å². The summed E-state index contributed by atoms with van der Waals surface area (Å²) >= 11 is 0. The second kappa shape index (κ2) is 4.92. The van der Waals surface area contributed by atoms with Crippen LogP contribution in [0.25, 0.3) is 0 Å². The van der Waals surface area contributed by atoms with E-state index in [1.165, 1.54) is 6.07 Å². The Hall–Kier alpha value is -1.28. The minimum atomic E-state index is -4.78. The lowest BCUT2D eigenvalue weighted by molar-refractivity contribution is -0.139. The van der Waals surface area contributed by atoms with E-state index in [0.29, 0.717) is 5.92 Å². The second-order valence-electron chi connectivity index (χ2n) is 5.02. The summed E-state index contributed by atoms with van der Waals surface area (Å²) in [6, 6.07) is 3.03. The lowest BCUT2D eigenvalue weighted by atomic mass is 10.1. The quantitative estimate of drug-likeness (QED) is 0.898. The molecule has 1 aliphatic rings. The molecular weight excluding hydrogens is 293 g/mol. The Bertz CT molecular complexity index is 610. The van der Waals surface area contributed by atoms with Gasteiger partial charge in [0.05, 0.1) is 10.5 Å². The summed E-state index contributed by atoms with van der Waals surface area (Å²) < 4.78 is 61.2. The van der Waals surface area contributed by atoms with Crippen molar-refractivity contribution in [1.82, 2.24) is 0 Å². The van der Waals surface area contributed by atoms with Crippen LogP contribution < -0.4 is 10.5 Å². The zero-order valence-electron chi connectivity index (χ0n) is 10.7. The molecule has 2 rings (SSSR count). The van der Waals surface area contributed by atoms with Gasteiger partial charge in [0.2, 0.25) is 10.0 Å². The fourth-order valence-corrected chi connectivity index (χ4v) is 2.81. The molecule has 1 fully saturated rings. The first-order valence-corrected chi connectivity index (χ1v) is 7.64. The molecule has 0 aromatic heterocycles. The van der Waals surface area contributed by atoms with Gasteiger partial charge in [0.25, 0.3) is 0 Å². The van der Waals surface area contributed by atoms with Gasteiger partial charge in [-0.2, -0.15) is 13.2 Å². The van der Waals surface area contributed by atoms with Crippen LogP contribution in [0.2, 0.25) is 0 Å². The van der Waals surface area contributed by atoms with Crippen molar-refractivity contribution in [2.75, 3.05) is 5.32 Å². The fourth-order valence-electron chi connectivity index (χ4n) is 2.07. The molecular formula is C12H15F3N2O2S. The number of nitrogens with one attached hydrogen (secondary N) is 1. The molecule has 8 heteroatoms. The zero-order valence-corrected chi connectivity index (χ0v) is 11.6. The van der Waals surface area contributed by atoms with Crippen molar-refractivity contribution in [3.8, 4) is 0 Å². The third-order valence-electron chi connectivity index (χ3n) is 3.31. The van der Waals surface area contributed by atoms with Gasteiger partial charge >= 0.3 is 6.18 Å². The van der Waals surface area contributed by atoms with Crippen LogP contribution in [-0.4, -0.2) is 14.5 Å². The van der Waals surface area contributed by atoms with Crippen molar-refractivity contribution in [3.05, 3.63) is 23.8 Å². The van der Waals surface area contributed by atoms with E-state index in [1.54, 1.807) is 0 Å². The van der Waals surface area contributed by atoms with Gasteiger partial charge in [-0.05, 0) is 43.9 Å². The average molecular weight is 308 g/mol. The highest BCUT2D eigenvalue weighted by molar-refractivity contribution is 7.89. The van der Waals surface area contributed by atoms with Gasteiger partial charge in [0.15, 0.2) is 0 Å². The molecule has 0 saturated heterocycles. The zero-order chi connectivity index (χ0) is 15.1. The van der Waals surface area contributed by atoms with Gasteiger partial charge in [-0.1, -0.05) is 0 Å². The van der Waals surface area contributed by atoms with Crippen molar-refractivity contribution in [1.29, 1.82) is 0 Å². The smallest absolute Gasteiger partial charge is 0.382 e. The summed E-state index contributed by atoms with van der Waals surface area (Å²) in [6.07, 6.45) is -2.67. The predicted molar refractivity (Wildman–Crippen MR) is 68.6 cm³/mol. The Morgan fingerprint density at radius 2 is 1.95 bits per heavy atom. The van der Waals surface area contributed by atoms with Crippen molar-refractivity contribution in [3.63, 3.8) is 0 Å². The Kier molecular flexibility index (Phi) is 3.72. The summed E-state index contributed by atoms with van der Waals surface area (Å²) in [5.41, 5.74) is -1.00. The van der Waals surface area contributed by atoms with E-state index in [2.05, 4.69) is 5.32 Å². The lowest BCUT2D eigenvalue weighted by Crippen LogP contribution is -2.21. The van der Waals surface area contributed by atoms with E-state index in [1.807, 2.05) is 6.92 Å². The molecule has 1 atom stereocenters. The number of anilines is 1.